The van der Waals surface area contributed by atoms with Crippen molar-refractivity contribution in [3.63, 3.8) is 0 Å². The number of carbonyl (C=O) groups excluding carboxylic acids is 1. The number of nitrogens with zero attached hydrogens (tertiary/aromatic N) is 1. The van der Waals surface area contributed by atoms with E-state index in [1.807, 2.05) is 0 Å². The normalized spacial score (nSPS) is 9.62. The van der Waals surface area contributed by atoms with Gasteiger partial charge in [-0.25, -0.2) is 9.37 Å². The zero-order valence-electron chi connectivity index (χ0n) is 10.7. The molecular formula is C14H10FN3O3. The molecule has 21 heavy (non-hydrogen) atoms. The van der Waals surface area contributed by atoms with E-state index in [9.17, 15) is 14.0 Å². The van der Waals surface area contributed by atoms with E-state index in [4.69, 9.17) is 5.11 Å². The number of hydrogen-bond donors (Lipinski definition) is 3. The van der Waals surface area contributed by atoms with E-state index in [2.05, 4.69) is 27.1 Å². The van der Waals surface area contributed by atoms with Gasteiger partial charge in [0.2, 0.25) is 0 Å². The molecule has 0 atom stereocenters. The summed E-state index contributed by atoms with van der Waals surface area (Å²) >= 11 is 0. The quantitative estimate of drug-likeness (QED) is 0.701. The number of aromatic amines is 1. The van der Waals surface area contributed by atoms with Crippen molar-refractivity contribution in [2.24, 2.45) is 0 Å². The second kappa shape index (κ2) is 6.45. The van der Waals surface area contributed by atoms with Crippen molar-refractivity contribution in [2.45, 2.75) is 0 Å². The van der Waals surface area contributed by atoms with Gasteiger partial charge >= 0.3 is 0 Å². The van der Waals surface area contributed by atoms with Crippen LogP contribution >= 0.6 is 0 Å². The van der Waals surface area contributed by atoms with E-state index in [0.717, 1.165) is 12.3 Å². The first-order chi connectivity index (χ1) is 10.1. The Morgan fingerprint density at radius 2 is 2.29 bits per heavy atom. The smallest absolute Gasteiger partial charge is 0.275 e. The molecule has 0 fully saturated rings. The van der Waals surface area contributed by atoms with Crippen molar-refractivity contribution >= 4 is 11.6 Å². The number of halogens is 1. The van der Waals surface area contributed by atoms with Crippen LogP contribution < -0.4 is 10.9 Å². The molecule has 1 heterocycles. The van der Waals surface area contributed by atoms with Gasteiger partial charge in [-0.15, -0.1) is 0 Å². The molecule has 0 aliphatic carbocycles. The zero-order chi connectivity index (χ0) is 15.2. The van der Waals surface area contributed by atoms with Gasteiger partial charge < -0.3 is 15.4 Å². The predicted molar refractivity (Wildman–Crippen MR) is 73.2 cm³/mol. The first kappa shape index (κ1) is 14.4. The number of carbonyl (C=O) groups is 1. The fourth-order valence-electron chi connectivity index (χ4n) is 1.50. The number of nitrogens with one attached hydrogen (secondary N) is 2. The second-order valence-corrected chi connectivity index (χ2v) is 3.91. The Bertz CT molecular complexity index is 770. The van der Waals surface area contributed by atoms with Crippen LogP contribution in [0.25, 0.3) is 0 Å². The van der Waals surface area contributed by atoms with Gasteiger partial charge in [-0.2, -0.15) is 0 Å². The van der Waals surface area contributed by atoms with Gasteiger partial charge in [0.25, 0.3) is 11.5 Å². The molecule has 1 amide bonds. The second-order valence-electron chi connectivity index (χ2n) is 3.91. The summed E-state index contributed by atoms with van der Waals surface area (Å²) in [5, 5.41) is 11.1. The Balaban J connectivity index is 2.21. The van der Waals surface area contributed by atoms with Crippen molar-refractivity contribution < 1.29 is 14.3 Å². The fourth-order valence-corrected chi connectivity index (χ4v) is 1.50. The fraction of sp³-hybridized carbons (Fsp3) is 0.0714. The number of aromatic nitrogens is 2. The SMILES string of the molecule is O=C(Nc1ccc(F)c(C#CCO)c1)c1c[nH]c(=O)cn1. The third-order valence-corrected chi connectivity index (χ3v) is 2.43. The first-order valence-electron chi connectivity index (χ1n) is 5.85. The maximum Gasteiger partial charge on any atom is 0.275 e. The number of benzene rings is 1. The summed E-state index contributed by atoms with van der Waals surface area (Å²) in [6.45, 7) is -0.392. The van der Waals surface area contributed by atoms with Gasteiger partial charge in [0.15, 0.2) is 0 Å². The summed E-state index contributed by atoms with van der Waals surface area (Å²) in [6.07, 6.45) is 2.16. The monoisotopic (exact) mass is 287 g/mol. The summed E-state index contributed by atoms with van der Waals surface area (Å²) in [7, 11) is 0. The Labute approximate surface area is 118 Å². The van der Waals surface area contributed by atoms with Crippen molar-refractivity contribution in [3.05, 3.63) is 58.0 Å². The molecule has 2 rings (SSSR count). The Hall–Kier alpha value is -2.98. The molecule has 0 bridgehead atoms. The van der Waals surface area contributed by atoms with Crippen molar-refractivity contribution in [1.29, 1.82) is 0 Å². The molecule has 0 aliphatic rings. The van der Waals surface area contributed by atoms with Crippen LogP contribution in [0.2, 0.25) is 0 Å². The molecule has 0 saturated carbocycles. The molecule has 3 N–H and O–H groups in total. The van der Waals surface area contributed by atoms with E-state index < -0.39 is 23.9 Å². The highest BCUT2D eigenvalue weighted by Crippen LogP contribution is 2.14. The lowest BCUT2D eigenvalue weighted by molar-refractivity contribution is 0.102. The molecule has 0 spiro atoms. The van der Waals surface area contributed by atoms with Gasteiger partial charge in [-0.1, -0.05) is 11.8 Å². The summed E-state index contributed by atoms with van der Waals surface area (Å²) in [4.78, 5) is 28.7. The Kier molecular flexibility index (Phi) is 4.43. The molecule has 0 aliphatic heterocycles. The standard InChI is InChI=1S/C14H10FN3O3/c15-11-4-3-10(6-9(11)2-1-5-19)18-14(21)12-7-17-13(20)8-16-12/h3-4,6-8,19H,5H2,(H,17,20)(H,18,21). The van der Waals surface area contributed by atoms with Crippen LogP contribution in [0.3, 0.4) is 0 Å². The molecule has 6 nitrogen and oxygen atoms in total. The molecule has 0 saturated heterocycles. The predicted octanol–water partition coefficient (Wildman–Crippen LogP) is 0.505. The van der Waals surface area contributed by atoms with Crippen molar-refractivity contribution in [1.82, 2.24) is 9.97 Å². The van der Waals surface area contributed by atoms with Gasteiger partial charge in [-0.05, 0) is 18.2 Å². The lowest BCUT2D eigenvalue weighted by Gasteiger charge is -2.05. The maximum absolute atomic E-state index is 13.4. The number of aliphatic hydroxyl groups is 1. The van der Waals surface area contributed by atoms with E-state index in [1.54, 1.807) is 0 Å². The molecule has 0 unspecified atom stereocenters. The minimum absolute atomic E-state index is 0.0157. The Morgan fingerprint density at radius 1 is 1.48 bits per heavy atom. The first-order valence-corrected chi connectivity index (χ1v) is 5.85. The molecule has 7 heteroatoms. The van der Waals surface area contributed by atoms with E-state index in [-0.39, 0.29) is 11.3 Å². The minimum Gasteiger partial charge on any atom is -0.384 e. The highest BCUT2D eigenvalue weighted by Gasteiger charge is 2.09. The largest absolute Gasteiger partial charge is 0.384 e. The topological polar surface area (TPSA) is 95.1 Å². The summed E-state index contributed by atoms with van der Waals surface area (Å²) < 4.78 is 13.4. The van der Waals surface area contributed by atoms with Crippen molar-refractivity contribution in [2.75, 3.05) is 11.9 Å². The number of aliphatic hydroxyl groups excluding tert-OH is 1. The average molecular weight is 287 g/mol. The number of anilines is 1. The van der Waals surface area contributed by atoms with Crippen LogP contribution in [-0.4, -0.2) is 27.6 Å². The van der Waals surface area contributed by atoms with Crippen LogP contribution in [0, 0.1) is 17.7 Å². The van der Waals surface area contributed by atoms with Gasteiger partial charge in [0, 0.05) is 11.9 Å². The van der Waals surface area contributed by atoms with Gasteiger partial charge in [-0.3, -0.25) is 9.59 Å². The van der Waals surface area contributed by atoms with Crippen LogP contribution in [0.4, 0.5) is 10.1 Å². The molecule has 1 aromatic carbocycles. The molecule has 2 aromatic rings. The molecular weight excluding hydrogens is 277 g/mol. The highest BCUT2D eigenvalue weighted by molar-refractivity contribution is 6.02. The maximum atomic E-state index is 13.4. The third kappa shape index (κ3) is 3.75. The van der Waals surface area contributed by atoms with E-state index >= 15 is 0 Å². The number of hydrogen-bond acceptors (Lipinski definition) is 4. The zero-order valence-corrected chi connectivity index (χ0v) is 10.7. The van der Waals surface area contributed by atoms with Gasteiger partial charge in [0.05, 0.1) is 11.8 Å². The molecule has 0 radical (unpaired) electrons. The van der Waals surface area contributed by atoms with Crippen LogP contribution in [0.1, 0.15) is 16.1 Å². The van der Waals surface area contributed by atoms with Crippen molar-refractivity contribution in [3.8, 4) is 11.8 Å². The molecule has 1 aromatic heterocycles. The summed E-state index contributed by atoms with van der Waals surface area (Å²) in [5.41, 5.74) is -0.0373. The third-order valence-electron chi connectivity index (χ3n) is 2.43. The van der Waals surface area contributed by atoms with Crippen LogP contribution in [-0.2, 0) is 0 Å². The van der Waals surface area contributed by atoms with Crippen LogP contribution in [0.5, 0.6) is 0 Å². The lowest BCUT2D eigenvalue weighted by atomic mass is 10.2. The molecule has 106 valence electrons. The summed E-state index contributed by atoms with van der Waals surface area (Å²) in [5.74, 6) is 3.64. The number of rotatable bonds is 2. The number of amides is 1. The average Bonchev–Trinajstić information content (AvgIpc) is 2.48. The van der Waals surface area contributed by atoms with E-state index in [0.29, 0.717) is 5.69 Å². The van der Waals surface area contributed by atoms with E-state index in [1.165, 1.54) is 18.3 Å². The van der Waals surface area contributed by atoms with Crippen LogP contribution in [0.15, 0.2) is 35.4 Å². The Morgan fingerprint density at radius 3 is 2.95 bits per heavy atom. The minimum atomic E-state index is -0.559. The lowest BCUT2D eigenvalue weighted by Crippen LogP contribution is -2.17. The summed E-state index contributed by atoms with van der Waals surface area (Å²) in [6, 6.07) is 3.85. The van der Waals surface area contributed by atoms with Gasteiger partial charge in [0.1, 0.15) is 18.1 Å². The highest BCUT2D eigenvalue weighted by atomic mass is 19.1. The number of H-pyrrole nitrogens is 1.